The van der Waals surface area contributed by atoms with E-state index in [-0.39, 0.29) is 29.9 Å². The molecule has 0 bridgehead atoms. The predicted octanol–water partition coefficient (Wildman–Crippen LogP) is 2.12. The molecule has 0 aromatic heterocycles. The molecule has 2 N–H and O–H groups in total. The molecular weight excluding hydrogens is 255 g/mol. The SMILES string of the molecule is Cc1ccc(C(=O)N2CCCC2CN)c(F)c1.Cl. The minimum absolute atomic E-state index is 0. The van der Waals surface area contributed by atoms with Crippen LogP contribution in [0.2, 0.25) is 0 Å². The molecule has 1 aliphatic rings. The van der Waals surface area contributed by atoms with Gasteiger partial charge in [-0.25, -0.2) is 4.39 Å². The lowest BCUT2D eigenvalue weighted by atomic mass is 10.1. The second kappa shape index (κ2) is 6.16. The Morgan fingerprint density at radius 2 is 2.28 bits per heavy atom. The molecular formula is C13H18ClFN2O. The summed E-state index contributed by atoms with van der Waals surface area (Å²) in [4.78, 5) is 13.9. The number of benzene rings is 1. The molecule has 1 aromatic rings. The van der Waals surface area contributed by atoms with Crippen LogP contribution < -0.4 is 5.73 Å². The van der Waals surface area contributed by atoms with Crippen LogP contribution in [0, 0.1) is 12.7 Å². The minimum Gasteiger partial charge on any atom is -0.334 e. The van der Waals surface area contributed by atoms with E-state index in [9.17, 15) is 9.18 Å². The maximum Gasteiger partial charge on any atom is 0.257 e. The third kappa shape index (κ3) is 2.82. The second-order valence-corrected chi connectivity index (χ2v) is 4.51. The van der Waals surface area contributed by atoms with Crippen molar-refractivity contribution in [3.8, 4) is 0 Å². The van der Waals surface area contributed by atoms with Crippen molar-refractivity contribution in [2.45, 2.75) is 25.8 Å². The third-order valence-corrected chi connectivity index (χ3v) is 3.27. The summed E-state index contributed by atoms with van der Waals surface area (Å²) in [6.45, 7) is 2.92. The topological polar surface area (TPSA) is 46.3 Å². The van der Waals surface area contributed by atoms with Gasteiger partial charge in [0.1, 0.15) is 5.82 Å². The van der Waals surface area contributed by atoms with Crippen LogP contribution >= 0.6 is 12.4 Å². The van der Waals surface area contributed by atoms with Gasteiger partial charge in [0.05, 0.1) is 5.56 Å². The van der Waals surface area contributed by atoms with Gasteiger partial charge >= 0.3 is 0 Å². The van der Waals surface area contributed by atoms with Gasteiger partial charge < -0.3 is 10.6 Å². The summed E-state index contributed by atoms with van der Waals surface area (Å²) in [7, 11) is 0. The van der Waals surface area contributed by atoms with E-state index in [1.807, 2.05) is 0 Å². The first-order chi connectivity index (χ1) is 8.13. The van der Waals surface area contributed by atoms with Gasteiger partial charge in [-0.05, 0) is 37.5 Å². The number of halogens is 2. The van der Waals surface area contributed by atoms with Crippen LogP contribution in [0.3, 0.4) is 0 Å². The molecule has 1 heterocycles. The van der Waals surface area contributed by atoms with Crippen LogP contribution in [0.15, 0.2) is 18.2 Å². The molecule has 0 radical (unpaired) electrons. The summed E-state index contributed by atoms with van der Waals surface area (Å²) in [5.74, 6) is -0.687. The number of hydrogen-bond acceptors (Lipinski definition) is 2. The third-order valence-electron chi connectivity index (χ3n) is 3.27. The Kier molecular flexibility index (Phi) is 5.11. The van der Waals surface area contributed by atoms with E-state index in [1.54, 1.807) is 24.0 Å². The van der Waals surface area contributed by atoms with Crippen molar-refractivity contribution in [2.75, 3.05) is 13.1 Å². The molecule has 3 nitrogen and oxygen atoms in total. The van der Waals surface area contributed by atoms with Gasteiger partial charge in [0.25, 0.3) is 5.91 Å². The average molecular weight is 273 g/mol. The predicted molar refractivity (Wildman–Crippen MR) is 71.5 cm³/mol. The fourth-order valence-electron chi connectivity index (χ4n) is 2.30. The number of nitrogens with zero attached hydrogens (tertiary/aromatic N) is 1. The fourth-order valence-corrected chi connectivity index (χ4v) is 2.30. The number of likely N-dealkylation sites (tertiary alicyclic amines) is 1. The monoisotopic (exact) mass is 272 g/mol. The summed E-state index contributed by atoms with van der Waals surface area (Å²) in [6, 6.07) is 4.76. The first-order valence-corrected chi connectivity index (χ1v) is 5.90. The molecule has 2 rings (SSSR count). The van der Waals surface area contributed by atoms with Gasteiger partial charge in [-0.1, -0.05) is 6.07 Å². The summed E-state index contributed by atoms with van der Waals surface area (Å²) < 4.78 is 13.7. The largest absolute Gasteiger partial charge is 0.334 e. The van der Waals surface area contributed by atoms with Crippen molar-refractivity contribution >= 4 is 18.3 Å². The van der Waals surface area contributed by atoms with Crippen molar-refractivity contribution in [2.24, 2.45) is 5.73 Å². The lowest BCUT2D eigenvalue weighted by Crippen LogP contribution is -2.40. The van der Waals surface area contributed by atoms with Crippen LogP contribution in [0.1, 0.15) is 28.8 Å². The first kappa shape index (κ1) is 14.9. The highest BCUT2D eigenvalue weighted by molar-refractivity contribution is 5.95. The molecule has 1 unspecified atom stereocenters. The Morgan fingerprint density at radius 1 is 1.56 bits per heavy atom. The van der Waals surface area contributed by atoms with Crippen molar-refractivity contribution in [3.63, 3.8) is 0 Å². The van der Waals surface area contributed by atoms with E-state index in [1.165, 1.54) is 6.07 Å². The summed E-state index contributed by atoms with van der Waals surface area (Å²) in [6.07, 6.45) is 1.86. The molecule has 1 amide bonds. The molecule has 100 valence electrons. The van der Waals surface area contributed by atoms with Crippen molar-refractivity contribution < 1.29 is 9.18 Å². The Morgan fingerprint density at radius 3 is 2.89 bits per heavy atom. The summed E-state index contributed by atoms with van der Waals surface area (Å²) >= 11 is 0. The van der Waals surface area contributed by atoms with Crippen molar-refractivity contribution in [1.82, 2.24) is 4.90 Å². The number of hydrogen-bond donors (Lipinski definition) is 1. The number of aryl methyl sites for hydroxylation is 1. The number of carbonyl (C=O) groups excluding carboxylic acids is 1. The normalized spacial score (nSPS) is 18.6. The van der Waals surface area contributed by atoms with Crippen LogP contribution in [-0.4, -0.2) is 29.9 Å². The van der Waals surface area contributed by atoms with Gasteiger partial charge in [0.2, 0.25) is 0 Å². The Balaban J connectivity index is 0.00000162. The zero-order valence-corrected chi connectivity index (χ0v) is 11.2. The van der Waals surface area contributed by atoms with Gasteiger partial charge in [-0.3, -0.25) is 4.79 Å². The lowest BCUT2D eigenvalue weighted by Gasteiger charge is -2.23. The molecule has 18 heavy (non-hydrogen) atoms. The minimum atomic E-state index is -0.447. The standard InChI is InChI=1S/C13H17FN2O.ClH/c1-9-4-5-11(12(14)7-9)13(17)16-6-2-3-10(16)8-15;/h4-5,7,10H,2-3,6,8,15H2,1H3;1H. The number of rotatable bonds is 2. The Labute approximate surface area is 113 Å². The van der Waals surface area contributed by atoms with E-state index < -0.39 is 5.82 Å². The van der Waals surface area contributed by atoms with Crippen LogP contribution in [-0.2, 0) is 0 Å². The fraction of sp³-hybridized carbons (Fsp3) is 0.462. The zero-order valence-electron chi connectivity index (χ0n) is 10.4. The quantitative estimate of drug-likeness (QED) is 0.896. The van der Waals surface area contributed by atoms with E-state index >= 15 is 0 Å². The van der Waals surface area contributed by atoms with Crippen LogP contribution in [0.25, 0.3) is 0 Å². The number of amides is 1. The maximum absolute atomic E-state index is 13.7. The van der Waals surface area contributed by atoms with E-state index in [2.05, 4.69) is 0 Å². The van der Waals surface area contributed by atoms with E-state index in [0.717, 1.165) is 18.4 Å². The zero-order chi connectivity index (χ0) is 12.4. The van der Waals surface area contributed by atoms with Crippen LogP contribution in [0.5, 0.6) is 0 Å². The van der Waals surface area contributed by atoms with Gasteiger partial charge in [-0.15, -0.1) is 12.4 Å². The smallest absolute Gasteiger partial charge is 0.257 e. The van der Waals surface area contributed by atoms with E-state index in [0.29, 0.717) is 13.1 Å². The second-order valence-electron chi connectivity index (χ2n) is 4.51. The Bertz CT molecular complexity index is 439. The van der Waals surface area contributed by atoms with Crippen molar-refractivity contribution in [1.29, 1.82) is 0 Å². The van der Waals surface area contributed by atoms with Gasteiger partial charge in [0, 0.05) is 19.1 Å². The first-order valence-electron chi connectivity index (χ1n) is 5.90. The molecule has 0 spiro atoms. The van der Waals surface area contributed by atoms with Crippen molar-refractivity contribution in [3.05, 3.63) is 35.1 Å². The number of nitrogens with two attached hydrogens (primary N) is 1. The molecule has 0 aliphatic carbocycles. The highest BCUT2D eigenvalue weighted by atomic mass is 35.5. The summed E-state index contributed by atoms with van der Waals surface area (Å²) in [5, 5.41) is 0. The highest BCUT2D eigenvalue weighted by Gasteiger charge is 2.29. The van der Waals surface area contributed by atoms with Gasteiger partial charge in [-0.2, -0.15) is 0 Å². The molecule has 1 saturated heterocycles. The molecule has 1 aromatic carbocycles. The molecule has 5 heteroatoms. The van der Waals surface area contributed by atoms with E-state index in [4.69, 9.17) is 5.73 Å². The Hall–Kier alpha value is -1.13. The average Bonchev–Trinajstić information content (AvgIpc) is 2.76. The molecule has 0 saturated carbocycles. The molecule has 1 atom stereocenters. The van der Waals surface area contributed by atoms with Gasteiger partial charge in [0.15, 0.2) is 0 Å². The molecule has 1 aliphatic heterocycles. The highest BCUT2D eigenvalue weighted by Crippen LogP contribution is 2.21. The summed E-state index contributed by atoms with van der Waals surface area (Å²) in [5.41, 5.74) is 6.58. The van der Waals surface area contributed by atoms with Crippen LogP contribution in [0.4, 0.5) is 4.39 Å². The number of carbonyl (C=O) groups is 1. The molecule has 1 fully saturated rings. The maximum atomic E-state index is 13.7. The lowest BCUT2D eigenvalue weighted by molar-refractivity contribution is 0.0736.